The summed E-state index contributed by atoms with van der Waals surface area (Å²) >= 11 is 0. The normalized spacial score (nSPS) is 29.3. The van der Waals surface area contributed by atoms with Crippen LogP contribution in [0.15, 0.2) is 34.9 Å². The summed E-state index contributed by atoms with van der Waals surface area (Å²) in [6.45, 7) is -0.165. The van der Waals surface area contributed by atoms with Crippen LogP contribution in [0.3, 0.4) is 0 Å². The number of H-pyrrole nitrogens is 2. The fourth-order valence-corrected chi connectivity index (χ4v) is 14.7. The number of nitrogen functional groups attached to an aromatic ring is 3. The first-order valence-corrected chi connectivity index (χ1v) is 29.5. The average Bonchev–Trinajstić information content (AvgIpc) is 4.43. The fraction of sp³-hybridized carbons (Fsp3) is 0.568. The molecule has 9 rings (SSSR count). The predicted octanol–water partition coefficient (Wildman–Crippen LogP) is -4.10. The van der Waals surface area contributed by atoms with Gasteiger partial charge in [0.25, 0.3) is 16.7 Å². The third-order valence-corrected chi connectivity index (χ3v) is 18.9. The van der Waals surface area contributed by atoms with Crippen molar-refractivity contribution in [3.8, 4) is 0 Å². The first-order chi connectivity index (χ1) is 37.5. The van der Waals surface area contributed by atoms with Crippen molar-refractivity contribution in [3.05, 3.63) is 46.0 Å². The van der Waals surface area contributed by atoms with E-state index < -0.39 is 147 Å². The van der Waals surface area contributed by atoms with Crippen LogP contribution in [0.5, 0.6) is 0 Å². The molecule has 1 amide bonds. The van der Waals surface area contributed by atoms with Gasteiger partial charge in [-0.15, -0.1) is 0 Å². The Bertz CT molecular complexity index is 3650. The number of carbonyl (C=O) groups is 1. The van der Waals surface area contributed by atoms with Gasteiger partial charge in [0.15, 0.2) is 35.1 Å². The molecule has 6 aromatic heterocycles. The molecule has 0 radical (unpaired) electrons. The highest BCUT2D eigenvalue weighted by molar-refractivity contribution is 7.66. The number of phosphoric acid groups is 3. The van der Waals surface area contributed by atoms with Crippen molar-refractivity contribution in [1.82, 2.24) is 58.9 Å². The summed E-state index contributed by atoms with van der Waals surface area (Å²) in [5.41, 5.74) is 13.4. The first-order valence-electron chi connectivity index (χ1n) is 23.4. The Morgan fingerprint density at radius 1 is 0.750 bits per heavy atom. The topological polar surface area (TPSA) is 565 Å². The first kappa shape index (κ1) is 59.0. The minimum atomic E-state index is -6.27. The number of amides is 1. The number of aliphatic hydroxyl groups excluding tert-OH is 3. The lowest BCUT2D eigenvalue weighted by molar-refractivity contribution is -0.646. The Morgan fingerprint density at radius 3 is 1.96 bits per heavy atom. The molecular formula is C37H52N16O23P4. The number of imidazole rings is 3. The van der Waals surface area contributed by atoms with E-state index in [9.17, 15) is 67.5 Å². The van der Waals surface area contributed by atoms with Gasteiger partial charge < -0.3 is 85.4 Å². The number of aryl methyl sites for hydroxylation is 1. The average molecular weight is 1210 g/mol. The van der Waals surface area contributed by atoms with Crippen molar-refractivity contribution in [3.63, 3.8) is 0 Å². The van der Waals surface area contributed by atoms with E-state index in [1.54, 1.807) is 13.8 Å². The molecule has 6 aromatic rings. The fourth-order valence-electron chi connectivity index (χ4n) is 9.41. The van der Waals surface area contributed by atoms with Gasteiger partial charge in [0, 0.05) is 25.5 Å². The van der Waals surface area contributed by atoms with Crippen molar-refractivity contribution >= 4 is 88.2 Å². The zero-order valence-electron chi connectivity index (χ0n) is 41.8. The summed E-state index contributed by atoms with van der Waals surface area (Å²) in [5, 5.41) is 36.1. The van der Waals surface area contributed by atoms with Crippen LogP contribution in [-0.2, 0) is 71.2 Å². The summed E-state index contributed by atoms with van der Waals surface area (Å²) in [5.74, 6) is -2.62. The Labute approximate surface area is 446 Å². The van der Waals surface area contributed by atoms with Gasteiger partial charge in [-0.2, -0.15) is 23.2 Å². The minimum Gasteiger partial charge on any atom is -0.778 e. The molecule has 5 unspecified atom stereocenters. The zero-order valence-corrected chi connectivity index (χ0v) is 45.3. The third-order valence-electron chi connectivity index (χ3n) is 12.8. The SMILES string of the molecule is CO[C@@H]1[C@H](P(=O)([O-])OCC2O[C@@H](n3cnc4c(=O)[nH]c(N)nc43)[C@H](O)[C@@H]2O)[C@@H](COP(=O)(O)OP(=O)(O)OP(=O)(O)OC[C@H]2O[C@@H](n3c[n+](C)c4c(=O)[nH]c(N)nc43)[C@H](O)[C@@H]2CC(=O)NC(C)C)O[C@H]1n1cnc2c(N)ncnc21. The van der Waals surface area contributed by atoms with Crippen molar-refractivity contribution in [2.24, 2.45) is 13.0 Å². The lowest BCUT2D eigenvalue weighted by atomic mass is 9.94. The molecule has 80 heavy (non-hydrogen) atoms. The third kappa shape index (κ3) is 11.9. The Kier molecular flexibility index (Phi) is 16.4. The van der Waals surface area contributed by atoms with Crippen LogP contribution in [0.1, 0.15) is 39.0 Å². The molecule has 3 aliphatic rings. The van der Waals surface area contributed by atoms with Gasteiger partial charge in [0.05, 0.1) is 57.4 Å². The van der Waals surface area contributed by atoms with Crippen LogP contribution in [0.2, 0.25) is 0 Å². The summed E-state index contributed by atoms with van der Waals surface area (Å²) in [4.78, 5) is 113. The van der Waals surface area contributed by atoms with Gasteiger partial charge in [-0.1, -0.05) is 0 Å². The molecule has 3 aliphatic heterocycles. The smallest absolute Gasteiger partial charge is 0.490 e. The number of hydrogen-bond acceptors (Lipinski definition) is 29. The maximum atomic E-state index is 14.4. The molecule has 438 valence electrons. The number of fused-ring (bicyclic) bond motifs is 3. The number of aromatic amines is 2. The van der Waals surface area contributed by atoms with Gasteiger partial charge in [-0.05, 0) is 13.8 Å². The van der Waals surface area contributed by atoms with Crippen LogP contribution in [-0.4, -0.2) is 171 Å². The van der Waals surface area contributed by atoms with Crippen LogP contribution in [0, 0.1) is 5.92 Å². The van der Waals surface area contributed by atoms with Gasteiger partial charge in [0.2, 0.25) is 30.4 Å². The molecule has 39 nitrogen and oxygen atoms in total. The number of rotatable bonds is 21. The highest BCUT2D eigenvalue weighted by atomic mass is 31.3. The second kappa shape index (κ2) is 22.3. The zero-order chi connectivity index (χ0) is 58.1. The molecule has 3 fully saturated rings. The lowest BCUT2D eigenvalue weighted by Gasteiger charge is -2.35. The number of ether oxygens (including phenoxy) is 4. The number of phosphoric ester groups is 2. The molecule has 0 saturated carbocycles. The summed E-state index contributed by atoms with van der Waals surface area (Å²) < 4.78 is 106. The second-order valence-electron chi connectivity index (χ2n) is 18.6. The van der Waals surface area contributed by atoms with Gasteiger partial charge in [0.1, 0.15) is 50.0 Å². The van der Waals surface area contributed by atoms with E-state index in [-0.39, 0.29) is 57.2 Å². The van der Waals surface area contributed by atoms with E-state index in [0.29, 0.717) is 0 Å². The molecule has 0 aromatic carbocycles. The Balaban J connectivity index is 0.897. The van der Waals surface area contributed by atoms with Crippen LogP contribution in [0.25, 0.3) is 33.5 Å². The van der Waals surface area contributed by atoms with Crippen LogP contribution in [0.4, 0.5) is 17.7 Å². The number of hydrogen-bond donors (Lipinski definition) is 12. The van der Waals surface area contributed by atoms with E-state index in [4.69, 9.17) is 49.7 Å². The van der Waals surface area contributed by atoms with Crippen LogP contribution < -0.4 is 43.1 Å². The molecule has 15 N–H and O–H groups in total. The number of aliphatic hydroxyl groups is 3. The monoisotopic (exact) mass is 1210 g/mol. The lowest BCUT2D eigenvalue weighted by Crippen LogP contribution is -2.40. The maximum Gasteiger partial charge on any atom is 0.490 e. The molecular weight excluding hydrogens is 1160 g/mol. The maximum absolute atomic E-state index is 14.4. The minimum absolute atomic E-state index is 0.0130. The van der Waals surface area contributed by atoms with E-state index >= 15 is 0 Å². The number of methoxy groups -OCH3 is 1. The number of carbonyl (C=O) groups excluding carboxylic acids is 1. The highest BCUT2D eigenvalue weighted by Crippen LogP contribution is 2.68. The standard InChI is InChI=1S/C37H52N16O23P4/c1-13(2)45-18(54)5-14-15(72-33(22(14)55)53-12-50(3)21-30(53)47-37(40)49-32(21)59)6-70-78(62,63)75-80(66,67)76-79(64,65)71-8-17-26(25(68-4)35(74-17)51-10-43-19-27(38)41-9-42-28(19)51)77(60,61)69-7-16-23(56)24(57)34(73-16)52-11-44-20-29(52)46-36(39)48-31(20)58/h9-17,22-26,33-35,55-57H,5-8H2,1-4H3,(H12-,38,39,40,41,42,45,46,47,48,49,54,58,59,60,61,62,63,64,65,66,67)/t14-,15-,16?,17-,22-,23-,24-,25-,26-,33-,34-,35-/m1/s1. The van der Waals surface area contributed by atoms with Crippen molar-refractivity contribution in [2.45, 2.75) is 93.4 Å². The number of nitrogens with one attached hydrogen (secondary N) is 3. The van der Waals surface area contributed by atoms with Gasteiger partial charge >= 0.3 is 29.0 Å². The molecule has 0 spiro atoms. The second-order valence-corrected chi connectivity index (χ2v) is 25.1. The molecule has 0 aliphatic carbocycles. The molecule has 43 heteroatoms. The van der Waals surface area contributed by atoms with E-state index in [0.717, 1.165) is 35.2 Å². The van der Waals surface area contributed by atoms with Crippen molar-refractivity contribution in [2.75, 3.05) is 44.1 Å². The van der Waals surface area contributed by atoms with Gasteiger partial charge in [-0.3, -0.25) is 42.5 Å². The van der Waals surface area contributed by atoms with Gasteiger partial charge in [-0.25, -0.2) is 38.2 Å². The van der Waals surface area contributed by atoms with E-state index in [1.807, 2.05) is 0 Å². The molecule has 9 heterocycles. The molecule has 0 bridgehead atoms. The summed E-state index contributed by atoms with van der Waals surface area (Å²) in [7, 11) is -21.3. The summed E-state index contributed by atoms with van der Waals surface area (Å²) in [6.07, 6.45) is -12.7. The summed E-state index contributed by atoms with van der Waals surface area (Å²) in [6, 6.07) is -0.376. The Morgan fingerprint density at radius 2 is 1.31 bits per heavy atom. The van der Waals surface area contributed by atoms with Crippen LogP contribution >= 0.6 is 31.1 Å². The largest absolute Gasteiger partial charge is 0.778 e. The van der Waals surface area contributed by atoms with Crippen molar-refractivity contribution in [1.29, 1.82) is 0 Å². The quantitative estimate of drug-likeness (QED) is 0.0241. The van der Waals surface area contributed by atoms with E-state index in [2.05, 4.69) is 53.8 Å². The highest BCUT2D eigenvalue weighted by Gasteiger charge is 2.55. The number of anilines is 3. The van der Waals surface area contributed by atoms with Crippen molar-refractivity contribution < 1.29 is 104 Å². The number of nitrogens with two attached hydrogens (primary N) is 3. The molecule has 3 saturated heterocycles. The number of nitrogens with zero attached hydrogens (tertiary/aromatic N) is 10. The Hall–Kier alpha value is -5.60. The predicted molar refractivity (Wildman–Crippen MR) is 261 cm³/mol. The molecule has 16 atom stereocenters. The van der Waals surface area contributed by atoms with E-state index in [1.165, 1.54) is 22.5 Å². The number of aromatic nitrogens is 12.